The zero-order chi connectivity index (χ0) is 41.3. The van der Waals surface area contributed by atoms with E-state index in [-0.39, 0.29) is 38.1 Å². The molecule has 0 spiro atoms. The van der Waals surface area contributed by atoms with Gasteiger partial charge in [0.1, 0.15) is 41.5 Å². The van der Waals surface area contributed by atoms with Gasteiger partial charge in [0.25, 0.3) is 5.91 Å². The summed E-state index contributed by atoms with van der Waals surface area (Å²) >= 11 is 3.55. The fourth-order valence-electron chi connectivity index (χ4n) is 7.53. The molecule has 0 aliphatic carbocycles. The van der Waals surface area contributed by atoms with Crippen molar-refractivity contribution < 1.29 is 61.8 Å². The van der Waals surface area contributed by atoms with E-state index in [0.29, 0.717) is 23.1 Å². The van der Waals surface area contributed by atoms with E-state index in [0.717, 1.165) is 16.0 Å². The first-order valence-electron chi connectivity index (χ1n) is 19.1. The third kappa shape index (κ3) is 10.9. The summed E-state index contributed by atoms with van der Waals surface area (Å²) in [6.07, 6.45) is -6.46. The third-order valence-electron chi connectivity index (χ3n) is 9.96. The van der Waals surface area contributed by atoms with E-state index < -0.39 is 72.5 Å². The number of carbonyl (C=O) groups is 3. The number of imide groups is 1. The van der Waals surface area contributed by atoms with Crippen molar-refractivity contribution in [1.29, 1.82) is 0 Å². The van der Waals surface area contributed by atoms with E-state index in [1.54, 1.807) is 19.9 Å². The molecule has 57 heavy (non-hydrogen) atoms. The first-order chi connectivity index (χ1) is 27.3. The standard InChI is InChI=1S/C42H54BrNO13/c1-25(2)38-42(4,5)57-41(48)44(38)39(47)36(49-6)34(54-26(3)46)31-21-29(43)30(55-31)19-14-20-51-37-35(53-24-28-17-12-9-13-18-28)33(32(22-45)56-40(37)50-7)52-23-27-15-10-8-11-16-27/h8-13,15-18,21,25,32-38,40,45H,14,19-20,22-24H2,1-7H3/t32-,33-,34+,35+,36-,37+,38-,40+/m1/s1. The molecule has 2 fully saturated rings. The Balaban J connectivity index is 1.31. The number of rotatable bonds is 19. The van der Waals surface area contributed by atoms with Crippen LogP contribution >= 0.6 is 15.9 Å². The van der Waals surface area contributed by atoms with Crippen LogP contribution in [0.4, 0.5) is 4.79 Å². The second-order valence-corrected chi connectivity index (χ2v) is 15.8. The molecule has 3 heterocycles. The minimum Gasteiger partial charge on any atom is -0.461 e. The minimum atomic E-state index is -1.42. The molecule has 8 atom stereocenters. The topological polar surface area (TPSA) is 162 Å². The summed E-state index contributed by atoms with van der Waals surface area (Å²) in [5.41, 5.74) is 0.951. The molecule has 5 rings (SSSR count). The Kier molecular flexibility index (Phi) is 15.9. The van der Waals surface area contributed by atoms with Crippen LogP contribution in [0, 0.1) is 5.92 Å². The normalized spacial score (nSPS) is 24.3. The molecule has 3 aromatic rings. The number of ether oxygens (including phenoxy) is 8. The Morgan fingerprint density at radius 1 is 0.930 bits per heavy atom. The van der Waals surface area contributed by atoms with Gasteiger partial charge in [0.2, 0.25) is 0 Å². The van der Waals surface area contributed by atoms with Crippen LogP contribution < -0.4 is 0 Å². The molecule has 15 heteroatoms. The Morgan fingerprint density at radius 3 is 2.09 bits per heavy atom. The number of methoxy groups -OCH3 is 2. The molecule has 0 radical (unpaired) electrons. The Bertz CT molecular complexity index is 1750. The Morgan fingerprint density at radius 2 is 1.54 bits per heavy atom. The summed E-state index contributed by atoms with van der Waals surface area (Å²) in [6.45, 7) is 8.88. The summed E-state index contributed by atoms with van der Waals surface area (Å²) in [7, 11) is 2.80. The van der Waals surface area contributed by atoms with Crippen LogP contribution in [0.2, 0.25) is 0 Å². The minimum absolute atomic E-state index is 0.138. The summed E-state index contributed by atoms with van der Waals surface area (Å²) in [5.74, 6) is -0.895. The monoisotopic (exact) mass is 859 g/mol. The molecule has 0 bridgehead atoms. The lowest BCUT2D eigenvalue weighted by molar-refractivity contribution is -0.319. The molecule has 312 valence electrons. The maximum atomic E-state index is 14.0. The second kappa shape index (κ2) is 20.3. The number of cyclic esters (lactones) is 1. The van der Waals surface area contributed by atoms with Crippen molar-refractivity contribution in [3.05, 3.63) is 93.9 Å². The van der Waals surface area contributed by atoms with Gasteiger partial charge >= 0.3 is 12.1 Å². The van der Waals surface area contributed by atoms with Crippen molar-refractivity contribution in [2.75, 3.05) is 27.4 Å². The number of aliphatic hydroxyl groups excluding tert-OH is 1. The zero-order valence-corrected chi connectivity index (χ0v) is 35.0. The van der Waals surface area contributed by atoms with E-state index in [4.69, 9.17) is 42.3 Å². The molecule has 0 unspecified atom stereocenters. The van der Waals surface area contributed by atoms with Gasteiger partial charge in [-0.1, -0.05) is 74.5 Å². The van der Waals surface area contributed by atoms with Gasteiger partial charge in [0, 0.05) is 34.2 Å². The smallest absolute Gasteiger partial charge is 0.417 e. The van der Waals surface area contributed by atoms with Crippen molar-refractivity contribution >= 4 is 33.9 Å². The summed E-state index contributed by atoms with van der Waals surface area (Å²) in [5, 5.41) is 10.4. The van der Waals surface area contributed by atoms with Gasteiger partial charge in [-0.2, -0.15) is 0 Å². The van der Waals surface area contributed by atoms with Crippen LogP contribution in [-0.4, -0.2) is 104 Å². The molecule has 1 aromatic heterocycles. The molecule has 2 saturated heterocycles. The highest BCUT2D eigenvalue weighted by molar-refractivity contribution is 9.10. The summed E-state index contributed by atoms with van der Waals surface area (Å²) < 4.78 is 54.8. The first-order valence-corrected chi connectivity index (χ1v) is 19.8. The van der Waals surface area contributed by atoms with E-state index in [2.05, 4.69) is 15.9 Å². The molecule has 14 nitrogen and oxygen atoms in total. The number of hydrogen-bond donors (Lipinski definition) is 1. The van der Waals surface area contributed by atoms with Crippen LogP contribution in [0.3, 0.4) is 0 Å². The van der Waals surface area contributed by atoms with Crippen LogP contribution in [-0.2, 0) is 67.1 Å². The van der Waals surface area contributed by atoms with Crippen LogP contribution in [0.15, 0.2) is 75.6 Å². The summed E-state index contributed by atoms with van der Waals surface area (Å²) in [6, 6.07) is 20.4. The van der Waals surface area contributed by atoms with Gasteiger partial charge in [-0.15, -0.1) is 0 Å². The lowest BCUT2D eigenvalue weighted by atomic mass is 9.88. The van der Waals surface area contributed by atoms with E-state index in [1.807, 2.05) is 74.5 Å². The fourth-order valence-corrected chi connectivity index (χ4v) is 8.04. The van der Waals surface area contributed by atoms with Crippen molar-refractivity contribution in [2.24, 2.45) is 5.92 Å². The Labute approximate surface area is 342 Å². The second-order valence-electron chi connectivity index (χ2n) is 14.9. The van der Waals surface area contributed by atoms with Crippen molar-refractivity contribution in [2.45, 2.75) is 115 Å². The predicted molar refractivity (Wildman–Crippen MR) is 209 cm³/mol. The Hall–Kier alpha value is -3.67. The predicted octanol–water partition coefficient (Wildman–Crippen LogP) is 6.30. The van der Waals surface area contributed by atoms with Crippen LogP contribution in [0.25, 0.3) is 0 Å². The SMILES string of the molecule is CO[C@H]1O[C@H](CO)[C@@H](OCc2ccccc2)[C@H](OCc2ccccc2)[C@@H]1OCCCc1oc([C@H](OC(C)=O)[C@@H](OC)C(=O)N2C(=O)OC(C)(C)[C@H]2C(C)C)cc1Br. The van der Waals surface area contributed by atoms with Crippen molar-refractivity contribution in [1.82, 2.24) is 4.90 Å². The molecule has 2 aromatic carbocycles. The lowest BCUT2D eigenvalue weighted by Crippen LogP contribution is -2.61. The van der Waals surface area contributed by atoms with Gasteiger partial charge in [-0.05, 0) is 59.3 Å². The lowest BCUT2D eigenvalue weighted by Gasteiger charge is -2.45. The highest BCUT2D eigenvalue weighted by Crippen LogP contribution is 2.38. The number of nitrogens with zero attached hydrogens (tertiary/aromatic N) is 1. The number of carbonyl (C=O) groups excluding carboxylic acids is 3. The number of benzene rings is 2. The van der Waals surface area contributed by atoms with E-state index >= 15 is 0 Å². The number of esters is 1. The van der Waals surface area contributed by atoms with Gasteiger partial charge in [-0.3, -0.25) is 9.59 Å². The van der Waals surface area contributed by atoms with Crippen molar-refractivity contribution in [3.8, 4) is 0 Å². The average molecular weight is 861 g/mol. The number of hydrogen-bond acceptors (Lipinski definition) is 13. The quantitative estimate of drug-likeness (QED) is 0.106. The van der Waals surface area contributed by atoms with Crippen molar-refractivity contribution in [3.63, 3.8) is 0 Å². The maximum absolute atomic E-state index is 14.0. The average Bonchev–Trinajstić information content (AvgIpc) is 3.68. The molecule has 1 N–H and O–H groups in total. The van der Waals surface area contributed by atoms with Gasteiger partial charge < -0.3 is 47.4 Å². The van der Waals surface area contributed by atoms with Gasteiger partial charge in [0.15, 0.2) is 18.5 Å². The molecular weight excluding hydrogens is 806 g/mol. The van der Waals surface area contributed by atoms with Crippen LogP contribution in [0.5, 0.6) is 0 Å². The third-order valence-corrected chi connectivity index (χ3v) is 10.6. The zero-order valence-electron chi connectivity index (χ0n) is 33.5. The van der Waals surface area contributed by atoms with E-state index in [1.165, 1.54) is 21.1 Å². The highest BCUT2D eigenvalue weighted by atomic mass is 79.9. The molecule has 0 saturated carbocycles. The molecule has 2 aliphatic heterocycles. The van der Waals surface area contributed by atoms with Gasteiger partial charge in [0.05, 0.1) is 30.3 Å². The van der Waals surface area contributed by atoms with Gasteiger partial charge in [-0.25, -0.2) is 9.69 Å². The van der Waals surface area contributed by atoms with Crippen LogP contribution in [0.1, 0.15) is 69.8 Å². The summed E-state index contributed by atoms with van der Waals surface area (Å²) in [4.78, 5) is 40.4. The molecule has 2 aliphatic rings. The number of aliphatic hydroxyl groups is 1. The number of amides is 2. The first kappa shape index (κ1) is 44.4. The number of halogens is 1. The largest absolute Gasteiger partial charge is 0.461 e. The molecular formula is C42H54BrNO13. The number of furan rings is 1. The highest BCUT2D eigenvalue weighted by Gasteiger charge is 2.55. The number of aryl methyl sites for hydroxylation is 1. The maximum Gasteiger partial charge on any atom is 0.417 e. The van der Waals surface area contributed by atoms with E-state index in [9.17, 15) is 19.5 Å². The molecule has 2 amide bonds. The fraction of sp³-hybridized carbons (Fsp3) is 0.548.